The van der Waals surface area contributed by atoms with Crippen molar-refractivity contribution in [3.05, 3.63) is 82.3 Å². The molecule has 0 aliphatic carbocycles. The van der Waals surface area contributed by atoms with Gasteiger partial charge in [-0.2, -0.15) is 0 Å². The van der Waals surface area contributed by atoms with E-state index in [9.17, 15) is 14.4 Å². The second-order valence-corrected chi connectivity index (χ2v) is 9.30. The summed E-state index contributed by atoms with van der Waals surface area (Å²) in [4.78, 5) is 39.8. The van der Waals surface area contributed by atoms with Crippen molar-refractivity contribution in [2.45, 2.75) is 16.6 Å². The van der Waals surface area contributed by atoms with Gasteiger partial charge in [0, 0.05) is 22.0 Å². The van der Waals surface area contributed by atoms with Gasteiger partial charge in [0.1, 0.15) is 5.75 Å². The number of hydrogen-bond acceptors (Lipinski definition) is 5. The molecule has 1 aliphatic heterocycles. The summed E-state index contributed by atoms with van der Waals surface area (Å²) in [5, 5.41) is 2.97. The smallest absolute Gasteiger partial charge is 0.257 e. The van der Waals surface area contributed by atoms with Crippen molar-refractivity contribution in [1.82, 2.24) is 0 Å². The van der Waals surface area contributed by atoms with Gasteiger partial charge in [-0.05, 0) is 66.7 Å². The van der Waals surface area contributed by atoms with Gasteiger partial charge in [0.05, 0.1) is 28.6 Å². The lowest BCUT2D eigenvalue weighted by Gasteiger charge is -2.15. The van der Waals surface area contributed by atoms with E-state index in [-0.39, 0.29) is 29.2 Å². The standard InChI is InChI=1S/C24H18Cl2N2O4S/c1-32-17-7-5-16(6-8-17)28-22(29)13-21(24(28)31)33-18-9-3-15(4-10-18)27-23(30)19-11-2-14(25)12-20(19)26/h2-12,21H,13H2,1H3,(H,27,30)/t21-/m0/s1. The summed E-state index contributed by atoms with van der Waals surface area (Å²) < 4.78 is 5.12. The van der Waals surface area contributed by atoms with Crippen molar-refractivity contribution in [3.8, 4) is 5.75 Å². The number of rotatable bonds is 6. The third kappa shape index (κ3) is 5.16. The van der Waals surface area contributed by atoms with E-state index in [1.54, 1.807) is 67.8 Å². The normalized spacial score (nSPS) is 15.6. The molecule has 0 radical (unpaired) electrons. The Morgan fingerprint density at radius 2 is 1.73 bits per heavy atom. The van der Waals surface area contributed by atoms with E-state index in [1.165, 1.54) is 22.7 Å². The van der Waals surface area contributed by atoms with Gasteiger partial charge in [-0.25, -0.2) is 4.90 Å². The predicted octanol–water partition coefficient (Wildman–Crippen LogP) is 5.68. The lowest BCUT2D eigenvalue weighted by atomic mass is 10.2. The maximum atomic E-state index is 12.9. The Balaban J connectivity index is 1.41. The van der Waals surface area contributed by atoms with E-state index in [0.29, 0.717) is 27.7 Å². The van der Waals surface area contributed by atoms with E-state index in [2.05, 4.69) is 5.32 Å². The van der Waals surface area contributed by atoms with Crippen LogP contribution in [0.4, 0.5) is 11.4 Å². The maximum Gasteiger partial charge on any atom is 0.257 e. The molecule has 3 aromatic carbocycles. The van der Waals surface area contributed by atoms with Crippen LogP contribution in [0.2, 0.25) is 10.0 Å². The van der Waals surface area contributed by atoms with Crippen molar-refractivity contribution in [2.24, 2.45) is 0 Å². The van der Waals surface area contributed by atoms with Gasteiger partial charge in [-0.3, -0.25) is 14.4 Å². The summed E-state index contributed by atoms with van der Waals surface area (Å²) in [6.07, 6.45) is 0.114. The number of anilines is 2. The van der Waals surface area contributed by atoms with Crippen molar-refractivity contribution >= 4 is 64.1 Å². The third-order valence-corrected chi connectivity index (χ3v) is 6.75. The second-order valence-electron chi connectivity index (χ2n) is 7.18. The van der Waals surface area contributed by atoms with Crippen LogP contribution < -0.4 is 15.0 Å². The molecule has 0 unspecified atom stereocenters. The molecule has 0 spiro atoms. The van der Waals surface area contributed by atoms with Crippen molar-refractivity contribution in [2.75, 3.05) is 17.3 Å². The Morgan fingerprint density at radius 1 is 1.03 bits per heavy atom. The lowest BCUT2D eigenvalue weighted by Crippen LogP contribution is -2.31. The number of imide groups is 1. The highest BCUT2D eigenvalue weighted by Gasteiger charge is 2.40. The van der Waals surface area contributed by atoms with E-state index in [4.69, 9.17) is 27.9 Å². The fourth-order valence-electron chi connectivity index (χ4n) is 3.35. The first kappa shape index (κ1) is 23.2. The first-order chi connectivity index (χ1) is 15.9. The van der Waals surface area contributed by atoms with Crippen LogP contribution in [-0.4, -0.2) is 30.1 Å². The third-order valence-electron chi connectivity index (χ3n) is 5.00. The first-order valence-corrected chi connectivity index (χ1v) is 11.5. The highest BCUT2D eigenvalue weighted by atomic mass is 35.5. The summed E-state index contributed by atoms with van der Waals surface area (Å²) in [5.74, 6) is -0.214. The minimum absolute atomic E-state index is 0.114. The van der Waals surface area contributed by atoms with E-state index in [0.717, 1.165) is 4.90 Å². The van der Waals surface area contributed by atoms with Gasteiger partial charge in [0.15, 0.2) is 0 Å². The average molecular weight is 501 g/mol. The summed E-state index contributed by atoms with van der Waals surface area (Å²) >= 11 is 13.3. The number of nitrogens with zero attached hydrogens (tertiary/aromatic N) is 1. The molecule has 4 rings (SSSR count). The summed E-state index contributed by atoms with van der Waals surface area (Å²) in [7, 11) is 1.55. The zero-order chi connectivity index (χ0) is 23.5. The van der Waals surface area contributed by atoms with Crippen molar-refractivity contribution < 1.29 is 19.1 Å². The van der Waals surface area contributed by atoms with Crippen LogP contribution in [0.25, 0.3) is 0 Å². The van der Waals surface area contributed by atoms with E-state index < -0.39 is 5.25 Å². The summed E-state index contributed by atoms with van der Waals surface area (Å²) in [6, 6.07) is 18.5. The number of thioether (sulfide) groups is 1. The summed E-state index contributed by atoms with van der Waals surface area (Å²) in [5.41, 5.74) is 1.41. The number of amides is 3. The molecule has 0 saturated carbocycles. The van der Waals surface area contributed by atoms with Crippen LogP contribution in [0, 0.1) is 0 Å². The van der Waals surface area contributed by atoms with E-state index >= 15 is 0 Å². The minimum atomic E-state index is -0.520. The zero-order valence-electron chi connectivity index (χ0n) is 17.4. The van der Waals surface area contributed by atoms with Crippen molar-refractivity contribution in [3.63, 3.8) is 0 Å². The lowest BCUT2D eigenvalue weighted by molar-refractivity contribution is -0.121. The van der Waals surface area contributed by atoms with E-state index in [1.807, 2.05) is 0 Å². The SMILES string of the molecule is COc1ccc(N2C(=O)C[C@H](Sc3ccc(NC(=O)c4ccc(Cl)cc4Cl)cc3)C2=O)cc1. The first-order valence-electron chi connectivity index (χ1n) is 9.89. The molecule has 1 atom stereocenters. The number of methoxy groups -OCH3 is 1. The highest BCUT2D eigenvalue weighted by molar-refractivity contribution is 8.00. The van der Waals surface area contributed by atoms with Crippen LogP contribution in [0.1, 0.15) is 16.8 Å². The quantitative estimate of drug-likeness (QED) is 0.440. The monoisotopic (exact) mass is 500 g/mol. The predicted molar refractivity (Wildman–Crippen MR) is 131 cm³/mol. The molecule has 0 aromatic heterocycles. The molecule has 6 nitrogen and oxygen atoms in total. The Morgan fingerprint density at radius 3 is 2.36 bits per heavy atom. The van der Waals surface area contributed by atoms with Crippen LogP contribution in [0.15, 0.2) is 71.6 Å². The fourth-order valence-corrected chi connectivity index (χ4v) is 4.90. The minimum Gasteiger partial charge on any atom is -0.497 e. The molecule has 1 heterocycles. The topological polar surface area (TPSA) is 75.7 Å². The average Bonchev–Trinajstić information content (AvgIpc) is 3.07. The summed E-state index contributed by atoms with van der Waals surface area (Å²) in [6.45, 7) is 0. The number of hydrogen-bond donors (Lipinski definition) is 1. The number of carbonyl (C=O) groups is 3. The number of ether oxygens (including phenoxy) is 1. The molecule has 3 aromatic rings. The molecular weight excluding hydrogens is 483 g/mol. The Labute approximate surface area is 204 Å². The van der Waals surface area contributed by atoms with Gasteiger partial charge in [-0.15, -0.1) is 11.8 Å². The number of carbonyl (C=O) groups excluding carboxylic acids is 3. The molecule has 168 valence electrons. The largest absolute Gasteiger partial charge is 0.497 e. The maximum absolute atomic E-state index is 12.9. The van der Waals surface area contributed by atoms with Crippen LogP contribution in [0.3, 0.4) is 0 Å². The van der Waals surface area contributed by atoms with Crippen molar-refractivity contribution in [1.29, 1.82) is 0 Å². The van der Waals surface area contributed by atoms with Gasteiger partial charge in [0.25, 0.3) is 5.91 Å². The number of halogens is 2. The van der Waals surface area contributed by atoms with Gasteiger partial charge in [-0.1, -0.05) is 23.2 Å². The number of benzene rings is 3. The van der Waals surface area contributed by atoms with Crippen LogP contribution in [-0.2, 0) is 9.59 Å². The molecule has 3 amide bonds. The molecule has 0 bridgehead atoms. The van der Waals surface area contributed by atoms with Crippen LogP contribution in [0.5, 0.6) is 5.75 Å². The molecule has 1 N–H and O–H groups in total. The fraction of sp³-hybridized carbons (Fsp3) is 0.125. The molecule has 9 heteroatoms. The Kier molecular flexibility index (Phi) is 6.93. The Bertz CT molecular complexity index is 1220. The zero-order valence-corrected chi connectivity index (χ0v) is 19.7. The van der Waals surface area contributed by atoms with Crippen LogP contribution >= 0.6 is 35.0 Å². The molecule has 1 fully saturated rings. The second kappa shape index (κ2) is 9.87. The molecule has 1 aliphatic rings. The number of nitrogens with one attached hydrogen (secondary N) is 1. The molecule has 1 saturated heterocycles. The highest BCUT2D eigenvalue weighted by Crippen LogP contribution is 2.35. The molecular formula is C24H18Cl2N2O4S. The van der Waals surface area contributed by atoms with Gasteiger partial charge in [0.2, 0.25) is 11.8 Å². The van der Waals surface area contributed by atoms with Gasteiger partial charge < -0.3 is 10.1 Å². The Hall–Kier alpha value is -3.00. The van der Waals surface area contributed by atoms with Gasteiger partial charge >= 0.3 is 0 Å². The molecule has 33 heavy (non-hydrogen) atoms.